The second kappa shape index (κ2) is 10.5. The van der Waals surface area contributed by atoms with Crippen LogP contribution in [0.25, 0.3) is 22.2 Å². The summed E-state index contributed by atoms with van der Waals surface area (Å²) in [7, 11) is 0. The number of carbonyl (C=O) groups is 3. The molecule has 0 spiro atoms. The van der Waals surface area contributed by atoms with Crippen LogP contribution < -0.4 is 10.9 Å². The topological polar surface area (TPSA) is 97.4 Å². The number of amides is 2. The van der Waals surface area contributed by atoms with Crippen LogP contribution >= 0.6 is 15.9 Å². The Bertz CT molecular complexity index is 1420. The molecule has 4 rings (SSSR count). The minimum Gasteiger partial charge on any atom is -0.452 e. The molecule has 2 N–H and O–H groups in total. The molecule has 2 amide bonds. The number of rotatable bonds is 5. The highest BCUT2D eigenvalue weighted by Crippen LogP contribution is 2.30. The van der Waals surface area contributed by atoms with Crippen LogP contribution in [0.4, 0.5) is 0 Å². The van der Waals surface area contributed by atoms with Crippen molar-refractivity contribution in [2.75, 3.05) is 6.61 Å². The number of halogens is 1. The van der Waals surface area contributed by atoms with Crippen molar-refractivity contribution in [2.24, 2.45) is 0 Å². The Morgan fingerprint density at radius 1 is 0.886 bits per heavy atom. The quantitative estimate of drug-likeness (QED) is 0.282. The number of aromatic nitrogens is 1. The zero-order chi connectivity index (χ0) is 24.9. The van der Waals surface area contributed by atoms with Crippen molar-refractivity contribution in [3.8, 4) is 11.3 Å². The van der Waals surface area contributed by atoms with Crippen molar-refractivity contribution in [2.45, 2.75) is 13.8 Å². The zero-order valence-electron chi connectivity index (χ0n) is 19.1. The summed E-state index contributed by atoms with van der Waals surface area (Å²) >= 11 is 3.30. The molecule has 0 unspecified atom stereocenters. The molecule has 0 aliphatic carbocycles. The first-order valence-corrected chi connectivity index (χ1v) is 11.6. The van der Waals surface area contributed by atoms with E-state index in [1.807, 2.05) is 56.3 Å². The summed E-state index contributed by atoms with van der Waals surface area (Å²) in [5, 5.41) is 0.634. The van der Waals surface area contributed by atoms with Gasteiger partial charge in [-0.15, -0.1) is 0 Å². The van der Waals surface area contributed by atoms with Gasteiger partial charge in [-0.1, -0.05) is 64.0 Å². The summed E-state index contributed by atoms with van der Waals surface area (Å²) in [6.07, 6.45) is 0. The minimum absolute atomic E-state index is 0.345. The van der Waals surface area contributed by atoms with E-state index in [-0.39, 0.29) is 0 Å². The number of hydrogen-bond donors (Lipinski definition) is 2. The number of esters is 1. The number of aryl methyl sites for hydroxylation is 1. The summed E-state index contributed by atoms with van der Waals surface area (Å²) in [5.41, 5.74) is 9.23. The smallest absolute Gasteiger partial charge is 0.339 e. The van der Waals surface area contributed by atoms with Crippen LogP contribution in [-0.2, 0) is 9.53 Å². The third kappa shape index (κ3) is 5.55. The fraction of sp³-hybridized carbons (Fsp3) is 0.111. The van der Waals surface area contributed by atoms with Gasteiger partial charge in [-0.05, 0) is 49.7 Å². The second-order valence-corrected chi connectivity index (χ2v) is 8.84. The molecule has 0 bridgehead atoms. The molecule has 0 aliphatic heterocycles. The Balaban J connectivity index is 1.49. The van der Waals surface area contributed by atoms with Crippen LogP contribution in [0.5, 0.6) is 0 Å². The Morgan fingerprint density at radius 2 is 1.57 bits per heavy atom. The van der Waals surface area contributed by atoms with Crippen LogP contribution in [0, 0.1) is 13.8 Å². The van der Waals surface area contributed by atoms with Crippen molar-refractivity contribution in [1.29, 1.82) is 0 Å². The number of hydrazine groups is 1. The third-order valence-corrected chi connectivity index (χ3v) is 5.95. The molecule has 1 aromatic heterocycles. The van der Waals surface area contributed by atoms with Gasteiger partial charge in [0, 0.05) is 21.0 Å². The molecular formula is C27H22BrN3O4. The molecule has 0 fully saturated rings. The highest BCUT2D eigenvalue weighted by Gasteiger charge is 2.21. The van der Waals surface area contributed by atoms with E-state index in [1.165, 1.54) is 0 Å². The van der Waals surface area contributed by atoms with Gasteiger partial charge in [-0.3, -0.25) is 20.4 Å². The van der Waals surface area contributed by atoms with Crippen molar-refractivity contribution in [3.63, 3.8) is 0 Å². The summed E-state index contributed by atoms with van der Waals surface area (Å²) in [6, 6.07) is 21.8. The second-order valence-electron chi connectivity index (χ2n) is 7.93. The van der Waals surface area contributed by atoms with E-state index in [4.69, 9.17) is 9.72 Å². The van der Waals surface area contributed by atoms with Crippen molar-refractivity contribution in [1.82, 2.24) is 15.8 Å². The Kier molecular flexibility index (Phi) is 7.22. The molecule has 1 heterocycles. The summed E-state index contributed by atoms with van der Waals surface area (Å²) in [6.45, 7) is 3.25. The molecule has 0 aliphatic rings. The van der Waals surface area contributed by atoms with E-state index >= 15 is 0 Å². The fourth-order valence-corrected chi connectivity index (χ4v) is 3.87. The maximum atomic E-state index is 13.1. The lowest BCUT2D eigenvalue weighted by atomic mass is 9.97. The number of para-hydroxylation sites is 1. The Morgan fingerprint density at radius 3 is 2.29 bits per heavy atom. The average Bonchev–Trinajstić information content (AvgIpc) is 2.86. The summed E-state index contributed by atoms with van der Waals surface area (Å²) < 4.78 is 6.13. The fourth-order valence-electron chi connectivity index (χ4n) is 3.60. The van der Waals surface area contributed by atoms with Gasteiger partial charge in [0.2, 0.25) is 0 Å². The Hall–Kier alpha value is -4.04. The number of hydrogen-bond acceptors (Lipinski definition) is 5. The van der Waals surface area contributed by atoms with Gasteiger partial charge < -0.3 is 4.74 Å². The summed E-state index contributed by atoms with van der Waals surface area (Å²) in [5.74, 6) is -1.81. The third-order valence-electron chi connectivity index (χ3n) is 5.42. The lowest BCUT2D eigenvalue weighted by Gasteiger charge is -2.14. The maximum Gasteiger partial charge on any atom is 0.339 e. The number of pyridine rings is 1. The minimum atomic E-state index is -0.668. The van der Waals surface area contributed by atoms with Crippen molar-refractivity contribution >= 4 is 44.6 Å². The van der Waals surface area contributed by atoms with Crippen molar-refractivity contribution in [3.05, 3.63) is 99.5 Å². The molecule has 0 saturated heterocycles. The number of fused-ring (bicyclic) bond motifs is 1. The zero-order valence-corrected chi connectivity index (χ0v) is 20.7. The van der Waals surface area contributed by atoms with Gasteiger partial charge in [0.25, 0.3) is 11.8 Å². The molecule has 0 saturated carbocycles. The number of benzene rings is 3. The number of carbonyl (C=O) groups excluding carboxylic acids is 3. The lowest BCUT2D eigenvalue weighted by molar-refractivity contribution is -0.125. The van der Waals surface area contributed by atoms with E-state index in [0.717, 1.165) is 15.6 Å². The summed E-state index contributed by atoms with van der Waals surface area (Å²) in [4.78, 5) is 42.2. The Labute approximate surface area is 210 Å². The predicted octanol–water partition coefficient (Wildman–Crippen LogP) is 4.90. The number of nitrogens with one attached hydrogen (secondary N) is 2. The van der Waals surface area contributed by atoms with Crippen molar-refractivity contribution < 1.29 is 19.1 Å². The molecule has 0 atom stereocenters. The van der Waals surface area contributed by atoms with Gasteiger partial charge in [0.05, 0.1) is 16.8 Å². The lowest BCUT2D eigenvalue weighted by Crippen LogP contribution is -2.43. The highest BCUT2D eigenvalue weighted by molar-refractivity contribution is 9.10. The molecule has 35 heavy (non-hydrogen) atoms. The molecule has 8 heteroatoms. The molecule has 7 nitrogen and oxygen atoms in total. The van der Waals surface area contributed by atoms with Crippen LogP contribution in [0.15, 0.2) is 77.3 Å². The molecular weight excluding hydrogens is 510 g/mol. The van der Waals surface area contributed by atoms with E-state index in [9.17, 15) is 14.4 Å². The first-order chi connectivity index (χ1) is 16.8. The highest BCUT2D eigenvalue weighted by atomic mass is 79.9. The van der Waals surface area contributed by atoms with E-state index in [0.29, 0.717) is 33.3 Å². The normalized spacial score (nSPS) is 10.6. The largest absolute Gasteiger partial charge is 0.452 e. The van der Waals surface area contributed by atoms with Gasteiger partial charge in [0.15, 0.2) is 6.61 Å². The molecule has 3 aromatic carbocycles. The van der Waals surface area contributed by atoms with Gasteiger partial charge in [-0.2, -0.15) is 0 Å². The number of ether oxygens (including phenoxy) is 1. The van der Waals surface area contributed by atoms with Crippen LogP contribution in [0.1, 0.15) is 31.8 Å². The number of nitrogens with zero attached hydrogens (tertiary/aromatic N) is 1. The predicted molar refractivity (Wildman–Crippen MR) is 137 cm³/mol. The van der Waals surface area contributed by atoms with Gasteiger partial charge in [0.1, 0.15) is 0 Å². The van der Waals surface area contributed by atoms with Gasteiger partial charge in [-0.25, -0.2) is 9.78 Å². The first-order valence-electron chi connectivity index (χ1n) is 10.8. The van der Waals surface area contributed by atoms with E-state index in [1.54, 1.807) is 30.3 Å². The van der Waals surface area contributed by atoms with E-state index < -0.39 is 24.4 Å². The average molecular weight is 532 g/mol. The van der Waals surface area contributed by atoms with Crippen LogP contribution in [0.3, 0.4) is 0 Å². The molecule has 4 aromatic rings. The van der Waals surface area contributed by atoms with Crippen LogP contribution in [-0.4, -0.2) is 29.4 Å². The van der Waals surface area contributed by atoms with Crippen LogP contribution in [0.2, 0.25) is 0 Å². The standard InChI is InChI=1S/C27H22BrN3O4/c1-16-7-9-18(10-8-16)25-17(2)24(21-5-3-4-6-22(21)29-25)27(34)35-15-23(32)30-31-26(33)19-11-13-20(28)14-12-19/h3-14H,15H2,1-2H3,(H,30,32)(H,31,33). The first kappa shape index (κ1) is 24.1. The molecule has 0 radical (unpaired) electrons. The monoisotopic (exact) mass is 531 g/mol. The molecule has 176 valence electrons. The van der Waals surface area contributed by atoms with E-state index in [2.05, 4.69) is 26.8 Å². The maximum absolute atomic E-state index is 13.1. The SMILES string of the molecule is Cc1ccc(-c2nc3ccccc3c(C(=O)OCC(=O)NNC(=O)c3ccc(Br)cc3)c2C)cc1. The van der Waals surface area contributed by atoms with Gasteiger partial charge >= 0.3 is 5.97 Å².